The number of carbonyl (C=O) groups is 1. The highest BCUT2D eigenvalue weighted by Crippen LogP contribution is 2.20. The summed E-state index contributed by atoms with van der Waals surface area (Å²) in [5, 5.41) is 9.18. The Morgan fingerprint density at radius 2 is 1.59 bits per heavy atom. The maximum absolute atomic E-state index is 11.2. The van der Waals surface area contributed by atoms with Crippen LogP contribution in [0.15, 0.2) is 0 Å². The lowest BCUT2D eigenvalue weighted by Gasteiger charge is -2.24. The number of likely N-dealkylation sites (tertiary alicyclic amines) is 1. The van der Waals surface area contributed by atoms with Gasteiger partial charge in [-0.3, -0.25) is 0 Å². The monoisotopic (exact) mass is 327 g/mol. The molecule has 1 unspecified atom stereocenters. The quantitative estimate of drug-likeness (QED) is 0.396. The Morgan fingerprint density at radius 1 is 1.05 bits per heavy atom. The van der Waals surface area contributed by atoms with Crippen LogP contribution in [-0.4, -0.2) is 33.6 Å². The molecule has 4 heteroatoms. The molecule has 0 aromatic heterocycles. The van der Waals surface area contributed by atoms with Crippen LogP contribution in [0, 0.1) is 0 Å². The molecule has 1 aliphatic rings. The molecule has 0 radical (unpaired) electrons. The third-order valence-corrected chi connectivity index (χ3v) is 5.04. The van der Waals surface area contributed by atoms with Gasteiger partial charge in [-0.15, -0.1) is 0 Å². The zero-order chi connectivity index (χ0) is 16.2. The van der Waals surface area contributed by atoms with E-state index in [-0.39, 0.29) is 6.04 Å². The Morgan fingerprint density at radius 3 is 2.14 bits per heavy atom. The van der Waals surface area contributed by atoms with Crippen molar-refractivity contribution in [3.63, 3.8) is 0 Å². The number of rotatable bonds is 12. The Balaban J connectivity index is 1.98. The summed E-state index contributed by atoms with van der Waals surface area (Å²) in [5.74, 6) is -0.720. The number of carboxylic acid groups (broad SMARTS) is 1. The molecule has 128 valence electrons. The second kappa shape index (κ2) is 11.9. The van der Waals surface area contributed by atoms with Gasteiger partial charge in [-0.2, -0.15) is 0 Å². The first-order valence-corrected chi connectivity index (χ1v) is 9.60. The van der Waals surface area contributed by atoms with Crippen LogP contribution in [0.25, 0.3) is 0 Å². The fourth-order valence-electron chi connectivity index (χ4n) is 3.23. The fourth-order valence-corrected chi connectivity index (χ4v) is 3.59. The zero-order valence-corrected chi connectivity index (χ0v) is 15.0. The first-order chi connectivity index (χ1) is 10.7. The van der Waals surface area contributed by atoms with Gasteiger partial charge in [0.25, 0.3) is 0 Å². The van der Waals surface area contributed by atoms with Gasteiger partial charge in [0, 0.05) is 6.54 Å². The molecule has 0 amide bonds. The van der Waals surface area contributed by atoms with Crippen molar-refractivity contribution < 1.29 is 9.90 Å². The second-order valence-electron chi connectivity index (χ2n) is 6.52. The minimum atomic E-state index is -0.720. The third-order valence-electron chi connectivity index (χ3n) is 4.60. The number of thiocarbonyl (C=S) groups is 1. The Bertz CT molecular complexity index is 333. The zero-order valence-electron chi connectivity index (χ0n) is 14.2. The summed E-state index contributed by atoms with van der Waals surface area (Å²) in [6.45, 7) is 3.08. The van der Waals surface area contributed by atoms with E-state index in [1.54, 1.807) is 0 Å². The predicted octanol–water partition coefficient (Wildman–Crippen LogP) is 5.17. The molecule has 1 heterocycles. The van der Waals surface area contributed by atoms with Crippen molar-refractivity contribution in [1.82, 2.24) is 4.90 Å². The number of carboxylic acids is 1. The summed E-state index contributed by atoms with van der Waals surface area (Å²) >= 11 is 5.43. The lowest BCUT2D eigenvalue weighted by atomic mass is 10.1. The van der Waals surface area contributed by atoms with Gasteiger partial charge in [0.05, 0.1) is 4.99 Å². The van der Waals surface area contributed by atoms with Gasteiger partial charge in [-0.25, -0.2) is 4.79 Å². The smallest absolute Gasteiger partial charge is 0.326 e. The molecular weight excluding hydrogens is 294 g/mol. The third kappa shape index (κ3) is 7.57. The fraction of sp³-hybridized carbons (Fsp3) is 0.889. The Labute approximate surface area is 141 Å². The van der Waals surface area contributed by atoms with Crippen LogP contribution < -0.4 is 0 Å². The van der Waals surface area contributed by atoms with Crippen LogP contribution in [-0.2, 0) is 4.79 Å². The molecule has 1 N–H and O–H groups in total. The lowest BCUT2D eigenvalue weighted by molar-refractivity contribution is -0.140. The summed E-state index contributed by atoms with van der Waals surface area (Å²) < 4.78 is 0. The topological polar surface area (TPSA) is 40.5 Å². The van der Waals surface area contributed by atoms with E-state index >= 15 is 0 Å². The van der Waals surface area contributed by atoms with E-state index in [2.05, 4.69) is 6.92 Å². The second-order valence-corrected chi connectivity index (χ2v) is 6.99. The standard InChI is InChI=1S/C18H33NO2S/c1-2-3-4-5-6-7-8-9-10-11-14-17(22)19-15-12-13-16(19)18(20)21/h16H,2-15H2,1H3,(H,20,21). The number of hydrogen-bond donors (Lipinski definition) is 1. The van der Waals surface area contributed by atoms with Crippen molar-refractivity contribution in [2.75, 3.05) is 6.54 Å². The minimum Gasteiger partial charge on any atom is -0.480 e. The maximum atomic E-state index is 11.2. The average molecular weight is 328 g/mol. The van der Waals surface area contributed by atoms with Gasteiger partial charge in [0.1, 0.15) is 6.04 Å². The Hall–Kier alpha value is -0.640. The van der Waals surface area contributed by atoms with Gasteiger partial charge in [0.2, 0.25) is 0 Å². The molecule has 1 rings (SSSR count). The van der Waals surface area contributed by atoms with Gasteiger partial charge in [0.15, 0.2) is 0 Å². The molecule has 1 aliphatic heterocycles. The highest BCUT2D eigenvalue weighted by molar-refractivity contribution is 7.80. The van der Waals surface area contributed by atoms with Crippen molar-refractivity contribution in [2.45, 2.75) is 96.4 Å². The number of unbranched alkanes of at least 4 members (excludes halogenated alkanes) is 9. The highest BCUT2D eigenvalue weighted by atomic mass is 32.1. The first kappa shape index (κ1) is 19.4. The van der Waals surface area contributed by atoms with Crippen molar-refractivity contribution in [3.8, 4) is 0 Å². The van der Waals surface area contributed by atoms with Crippen LogP contribution in [0.2, 0.25) is 0 Å². The highest BCUT2D eigenvalue weighted by Gasteiger charge is 2.31. The largest absolute Gasteiger partial charge is 0.480 e. The Kier molecular flexibility index (Phi) is 10.5. The maximum Gasteiger partial charge on any atom is 0.326 e. The molecule has 3 nitrogen and oxygen atoms in total. The molecule has 0 bridgehead atoms. The van der Waals surface area contributed by atoms with E-state index in [1.165, 1.54) is 57.8 Å². The predicted molar refractivity (Wildman–Crippen MR) is 96.4 cm³/mol. The molecule has 0 spiro atoms. The molecule has 0 aliphatic carbocycles. The molecule has 0 aromatic rings. The van der Waals surface area contributed by atoms with Crippen LogP contribution in [0.5, 0.6) is 0 Å². The van der Waals surface area contributed by atoms with Gasteiger partial charge >= 0.3 is 5.97 Å². The average Bonchev–Trinajstić information content (AvgIpc) is 2.99. The van der Waals surface area contributed by atoms with Gasteiger partial charge in [-0.05, 0) is 25.7 Å². The summed E-state index contributed by atoms with van der Waals surface area (Å²) in [5.41, 5.74) is 0. The summed E-state index contributed by atoms with van der Waals surface area (Å²) in [6, 6.07) is -0.365. The van der Waals surface area contributed by atoms with Crippen molar-refractivity contribution in [2.24, 2.45) is 0 Å². The van der Waals surface area contributed by atoms with E-state index in [4.69, 9.17) is 12.2 Å². The summed E-state index contributed by atoms with van der Waals surface area (Å²) in [7, 11) is 0. The molecule has 1 fully saturated rings. The first-order valence-electron chi connectivity index (χ1n) is 9.19. The molecule has 1 atom stereocenters. The molecular formula is C18H33NO2S. The van der Waals surface area contributed by atoms with E-state index < -0.39 is 5.97 Å². The number of nitrogens with zero attached hydrogens (tertiary/aromatic N) is 1. The molecule has 1 saturated heterocycles. The molecule has 0 aromatic carbocycles. The van der Waals surface area contributed by atoms with Crippen LogP contribution in [0.3, 0.4) is 0 Å². The minimum absolute atomic E-state index is 0.365. The summed E-state index contributed by atoms with van der Waals surface area (Å²) in [6.07, 6.45) is 15.8. The van der Waals surface area contributed by atoms with Crippen molar-refractivity contribution >= 4 is 23.2 Å². The van der Waals surface area contributed by atoms with Crippen LogP contribution in [0.4, 0.5) is 0 Å². The normalized spacial score (nSPS) is 17.9. The van der Waals surface area contributed by atoms with Crippen LogP contribution >= 0.6 is 12.2 Å². The van der Waals surface area contributed by atoms with Gasteiger partial charge in [-0.1, -0.05) is 76.9 Å². The van der Waals surface area contributed by atoms with Crippen molar-refractivity contribution in [3.05, 3.63) is 0 Å². The van der Waals surface area contributed by atoms with Crippen molar-refractivity contribution in [1.29, 1.82) is 0 Å². The van der Waals surface area contributed by atoms with Gasteiger partial charge < -0.3 is 10.0 Å². The van der Waals surface area contributed by atoms with Crippen LogP contribution in [0.1, 0.15) is 90.4 Å². The molecule has 22 heavy (non-hydrogen) atoms. The van der Waals surface area contributed by atoms with E-state index in [9.17, 15) is 9.90 Å². The number of hydrogen-bond acceptors (Lipinski definition) is 2. The SMILES string of the molecule is CCCCCCCCCCCCC(=S)N1CCCC1C(=O)O. The van der Waals surface area contributed by atoms with E-state index in [1.807, 2.05) is 4.90 Å². The van der Waals surface area contributed by atoms with E-state index in [0.29, 0.717) is 0 Å². The molecule has 0 saturated carbocycles. The summed E-state index contributed by atoms with van der Waals surface area (Å²) in [4.78, 5) is 14.0. The number of aliphatic carboxylic acids is 1. The van der Waals surface area contributed by atoms with E-state index in [0.717, 1.165) is 37.2 Å². The lowest BCUT2D eigenvalue weighted by Crippen LogP contribution is -2.39.